The zero-order valence-corrected chi connectivity index (χ0v) is 11.2. The number of rotatable bonds is 3. The molecule has 2 aliphatic rings. The smallest absolute Gasteiger partial charge is 0.234 e. The summed E-state index contributed by atoms with van der Waals surface area (Å²) in [6.07, 6.45) is 8.09. The number of piperidine rings is 1. The molecule has 98 valence electrons. The summed E-state index contributed by atoms with van der Waals surface area (Å²) in [5.74, 6) is 1.07. The van der Waals surface area contributed by atoms with Gasteiger partial charge in [0.2, 0.25) is 5.91 Å². The molecular weight excluding hydrogens is 212 g/mol. The molecule has 1 N–H and O–H groups in total. The van der Waals surface area contributed by atoms with Gasteiger partial charge < -0.3 is 5.32 Å². The van der Waals surface area contributed by atoms with Crippen molar-refractivity contribution >= 4 is 5.91 Å². The lowest BCUT2D eigenvalue weighted by Gasteiger charge is -2.43. The maximum Gasteiger partial charge on any atom is 0.234 e. The molecule has 1 heterocycles. The topological polar surface area (TPSA) is 32.3 Å². The summed E-state index contributed by atoms with van der Waals surface area (Å²) in [4.78, 5) is 14.3. The fourth-order valence-electron chi connectivity index (χ4n) is 3.48. The molecule has 0 aromatic heterocycles. The summed E-state index contributed by atoms with van der Waals surface area (Å²) < 4.78 is 0. The first-order chi connectivity index (χ1) is 8.16. The second kappa shape index (κ2) is 5.85. The fraction of sp³-hybridized carbons (Fsp3) is 0.929. The van der Waals surface area contributed by atoms with Gasteiger partial charge in [0.15, 0.2) is 0 Å². The number of hydrogen-bond acceptors (Lipinski definition) is 2. The number of likely N-dealkylation sites (tertiary alicyclic amines) is 1. The minimum Gasteiger partial charge on any atom is -0.353 e. The highest BCUT2D eigenvalue weighted by Crippen LogP contribution is 2.34. The van der Waals surface area contributed by atoms with Gasteiger partial charge in [0.1, 0.15) is 0 Å². The van der Waals surface area contributed by atoms with Gasteiger partial charge in [0.25, 0.3) is 0 Å². The van der Waals surface area contributed by atoms with Gasteiger partial charge in [-0.2, -0.15) is 0 Å². The Labute approximate surface area is 105 Å². The van der Waals surface area contributed by atoms with E-state index in [-0.39, 0.29) is 11.9 Å². The van der Waals surface area contributed by atoms with E-state index in [0.717, 1.165) is 12.5 Å². The molecule has 0 radical (unpaired) electrons. The number of hydrogen-bond donors (Lipinski definition) is 1. The van der Waals surface area contributed by atoms with E-state index in [9.17, 15) is 4.79 Å². The van der Waals surface area contributed by atoms with Gasteiger partial charge in [0.05, 0.1) is 6.54 Å². The van der Waals surface area contributed by atoms with Crippen LogP contribution in [0, 0.1) is 5.92 Å². The molecule has 1 aliphatic carbocycles. The Bertz CT molecular complexity index is 263. The highest BCUT2D eigenvalue weighted by Gasteiger charge is 2.33. The van der Waals surface area contributed by atoms with E-state index in [4.69, 9.17) is 0 Å². The zero-order valence-electron chi connectivity index (χ0n) is 11.2. The first-order valence-corrected chi connectivity index (χ1v) is 7.20. The van der Waals surface area contributed by atoms with Crippen LogP contribution in [0.3, 0.4) is 0 Å². The van der Waals surface area contributed by atoms with E-state index in [1.165, 1.54) is 38.5 Å². The van der Waals surface area contributed by atoms with Gasteiger partial charge in [-0.05, 0) is 52.0 Å². The molecule has 17 heavy (non-hydrogen) atoms. The molecule has 1 saturated heterocycles. The first-order valence-electron chi connectivity index (χ1n) is 7.20. The predicted molar refractivity (Wildman–Crippen MR) is 69.8 cm³/mol. The Hall–Kier alpha value is -0.570. The Morgan fingerprint density at radius 2 is 1.94 bits per heavy atom. The van der Waals surface area contributed by atoms with E-state index in [1.54, 1.807) is 0 Å². The maximum absolute atomic E-state index is 11.8. The van der Waals surface area contributed by atoms with Crippen molar-refractivity contribution in [2.75, 3.05) is 13.1 Å². The van der Waals surface area contributed by atoms with Crippen molar-refractivity contribution < 1.29 is 4.79 Å². The highest BCUT2D eigenvalue weighted by atomic mass is 16.2. The van der Waals surface area contributed by atoms with E-state index >= 15 is 0 Å². The largest absolute Gasteiger partial charge is 0.353 e. The van der Waals surface area contributed by atoms with Crippen molar-refractivity contribution in [3.8, 4) is 0 Å². The van der Waals surface area contributed by atoms with Crippen LogP contribution >= 0.6 is 0 Å². The molecule has 1 amide bonds. The molecule has 0 spiro atoms. The van der Waals surface area contributed by atoms with E-state index in [1.807, 2.05) is 13.8 Å². The van der Waals surface area contributed by atoms with E-state index in [0.29, 0.717) is 12.6 Å². The normalized spacial score (nSPS) is 30.1. The van der Waals surface area contributed by atoms with Crippen LogP contribution in [0.4, 0.5) is 0 Å². The van der Waals surface area contributed by atoms with Crippen molar-refractivity contribution in [1.29, 1.82) is 0 Å². The molecule has 2 unspecified atom stereocenters. The lowest BCUT2D eigenvalue weighted by molar-refractivity contribution is -0.124. The quantitative estimate of drug-likeness (QED) is 0.817. The van der Waals surface area contributed by atoms with Crippen LogP contribution < -0.4 is 5.32 Å². The number of nitrogens with zero attached hydrogens (tertiary/aromatic N) is 1. The monoisotopic (exact) mass is 238 g/mol. The maximum atomic E-state index is 11.8. The summed E-state index contributed by atoms with van der Waals surface area (Å²) in [7, 11) is 0. The van der Waals surface area contributed by atoms with Gasteiger partial charge in [-0.15, -0.1) is 0 Å². The fourth-order valence-corrected chi connectivity index (χ4v) is 3.48. The molecular formula is C14H26N2O. The number of fused-ring (bicyclic) bond motifs is 1. The number of carbonyl (C=O) groups is 1. The lowest BCUT2D eigenvalue weighted by atomic mass is 9.78. The molecule has 2 atom stereocenters. The van der Waals surface area contributed by atoms with Crippen LogP contribution in [0.1, 0.15) is 52.4 Å². The van der Waals surface area contributed by atoms with Crippen molar-refractivity contribution in [2.24, 2.45) is 5.92 Å². The molecule has 3 nitrogen and oxygen atoms in total. The van der Waals surface area contributed by atoms with Gasteiger partial charge in [0, 0.05) is 12.1 Å². The predicted octanol–water partition coefficient (Wildman–Crippen LogP) is 2.17. The number of nitrogens with one attached hydrogen (secondary N) is 1. The second-order valence-corrected chi connectivity index (χ2v) is 5.95. The minimum absolute atomic E-state index is 0.200. The molecule has 0 bridgehead atoms. The average Bonchev–Trinajstić information content (AvgIpc) is 2.28. The number of amides is 1. The average molecular weight is 238 g/mol. The summed E-state index contributed by atoms with van der Waals surface area (Å²) >= 11 is 0. The minimum atomic E-state index is 0.200. The van der Waals surface area contributed by atoms with Gasteiger partial charge in [-0.1, -0.05) is 12.8 Å². The molecule has 0 aromatic rings. The summed E-state index contributed by atoms with van der Waals surface area (Å²) in [6, 6.07) is 0.949. The summed E-state index contributed by atoms with van der Waals surface area (Å²) in [5.41, 5.74) is 0. The zero-order chi connectivity index (χ0) is 12.3. The third-order valence-corrected chi connectivity index (χ3v) is 4.15. The Kier molecular flexibility index (Phi) is 4.43. The molecule has 3 heteroatoms. The van der Waals surface area contributed by atoms with Crippen molar-refractivity contribution in [3.63, 3.8) is 0 Å². The van der Waals surface area contributed by atoms with Gasteiger partial charge in [-0.25, -0.2) is 0 Å². The summed E-state index contributed by atoms with van der Waals surface area (Å²) in [6.45, 7) is 5.78. The van der Waals surface area contributed by atoms with Crippen LogP contribution in [0.25, 0.3) is 0 Å². The van der Waals surface area contributed by atoms with Crippen molar-refractivity contribution in [3.05, 3.63) is 0 Å². The Morgan fingerprint density at radius 1 is 1.24 bits per heavy atom. The van der Waals surface area contributed by atoms with Crippen LogP contribution in [0.5, 0.6) is 0 Å². The Morgan fingerprint density at radius 3 is 2.71 bits per heavy atom. The third kappa shape index (κ3) is 3.44. The second-order valence-electron chi connectivity index (χ2n) is 5.95. The van der Waals surface area contributed by atoms with Crippen LogP contribution in [-0.4, -0.2) is 36.0 Å². The van der Waals surface area contributed by atoms with Crippen LogP contribution in [-0.2, 0) is 4.79 Å². The molecule has 1 saturated carbocycles. The summed E-state index contributed by atoms with van der Waals surface area (Å²) in [5, 5.41) is 3.00. The molecule has 1 aliphatic heterocycles. The van der Waals surface area contributed by atoms with Gasteiger partial charge >= 0.3 is 0 Å². The van der Waals surface area contributed by atoms with E-state index < -0.39 is 0 Å². The molecule has 2 fully saturated rings. The number of carbonyl (C=O) groups excluding carboxylic acids is 1. The third-order valence-electron chi connectivity index (χ3n) is 4.15. The molecule has 0 aromatic carbocycles. The van der Waals surface area contributed by atoms with Crippen molar-refractivity contribution in [1.82, 2.24) is 10.2 Å². The first kappa shape index (κ1) is 12.9. The lowest BCUT2D eigenvalue weighted by Crippen LogP contribution is -2.51. The Balaban J connectivity index is 1.88. The highest BCUT2D eigenvalue weighted by molar-refractivity contribution is 5.78. The van der Waals surface area contributed by atoms with E-state index in [2.05, 4.69) is 10.2 Å². The van der Waals surface area contributed by atoms with Crippen LogP contribution in [0.2, 0.25) is 0 Å². The SMILES string of the molecule is CC(C)NC(=O)CN1CCCC2CCCCC21. The molecule has 2 rings (SSSR count). The van der Waals surface area contributed by atoms with Gasteiger partial charge in [-0.3, -0.25) is 9.69 Å². The van der Waals surface area contributed by atoms with Crippen molar-refractivity contribution in [2.45, 2.75) is 64.5 Å². The standard InChI is InChI=1S/C14H26N2O/c1-11(2)15-14(17)10-16-9-5-7-12-6-3-4-8-13(12)16/h11-13H,3-10H2,1-2H3,(H,15,17). The van der Waals surface area contributed by atoms with Crippen LogP contribution in [0.15, 0.2) is 0 Å².